The zero-order chi connectivity index (χ0) is 17.2. The molecule has 0 rings (SSSR count). The van der Waals surface area contributed by atoms with E-state index < -0.39 is 15.7 Å². The van der Waals surface area contributed by atoms with E-state index in [-0.39, 0.29) is 11.5 Å². The van der Waals surface area contributed by atoms with E-state index in [4.69, 9.17) is 9.53 Å². The summed E-state index contributed by atoms with van der Waals surface area (Å²) in [5.74, 6) is -0.996. The molecule has 0 aliphatic heterocycles. The van der Waals surface area contributed by atoms with E-state index in [9.17, 15) is 9.59 Å². The zero-order valence-electron chi connectivity index (χ0n) is 14.3. The maximum Gasteiger partial charge on any atom is 0.307 e. The largest absolute Gasteiger partial charge is 0.481 e. The summed E-state index contributed by atoms with van der Waals surface area (Å²) in [5.41, 5.74) is -0.180. The lowest BCUT2D eigenvalue weighted by Crippen LogP contribution is -2.16. The number of unbranched alkanes of at least 4 members (excludes halogenated alkanes) is 6. The van der Waals surface area contributed by atoms with Crippen LogP contribution in [0.25, 0.3) is 0 Å². The number of carbonyl (C=O) groups is 2. The summed E-state index contributed by atoms with van der Waals surface area (Å²) in [5, 5.41) is 8.93. The van der Waals surface area contributed by atoms with Gasteiger partial charge in [0.05, 0.1) is 11.8 Å². The Balaban J connectivity index is 0. The molecule has 0 aliphatic carbocycles. The van der Waals surface area contributed by atoms with Crippen LogP contribution in [0.1, 0.15) is 65.2 Å². The number of carbonyl (C=O) groups excluding carboxylic acids is 1. The SMILES string of the molecule is C=COC(C)=O.CCCCCCCCCC([SiH2]OC)C(=O)O. The second-order valence-corrected chi connectivity index (χ2v) is 7.07. The predicted molar refractivity (Wildman–Crippen MR) is 91.5 cm³/mol. The smallest absolute Gasteiger partial charge is 0.307 e. The molecule has 0 aliphatic rings. The second-order valence-electron chi connectivity index (χ2n) is 5.18. The monoisotopic (exact) mass is 332 g/mol. The van der Waals surface area contributed by atoms with Gasteiger partial charge in [0, 0.05) is 14.0 Å². The molecule has 0 spiro atoms. The van der Waals surface area contributed by atoms with Crippen molar-refractivity contribution in [3.8, 4) is 0 Å². The number of carboxylic acids is 1. The van der Waals surface area contributed by atoms with Crippen molar-refractivity contribution in [3.05, 3.63) is 12.8 Å². The van der Waals surface area contributed by atoms with E-state index in [0.29, 0.717) is 0 Å². The highest BCUT2D eigenvalue weighted by molar-refractivity contribution is 6.36. The third kappa shape index (κ3) is 18.9. The molecule has 0 aromatic heterocycles. The molecule has 0 radical (unpaired) electrons. The Labute approximate surface area is 137 Å². The van der Waals surface area contributed by atoms with Crippen LogP contribution >= 0.6 is 0 Å². The van der Waals surface area contributed by atoms with Crippen molar-refractivity contribution in [3.63, 3.8) is 0 Å². The Morgan fingerprint density at radius 2 is 1.73 bits per heavy atom. The molecular weight excluding hydrogens is 300 g/mol. The Morgan fingerprint density at radius 1 is 1.18 bits per heavy atom. The average molecular weight is 333 g/mol. The van der Waals surface area contributed by atoms with Crippen LogP contribution in [0.2, 0.25) is 5.54 Å². The lowest BCUT2D eigenvalue weighted by molar-refractivity contribution is -0.137. The van der Waals surface area contributed by atoms with Gasteiger partial charge in [-0.1, -0.05) is 58.4 Å². The van der Waals surface area contributed by atoms with E-state index in [2.05, 4.69) is 18.2 Å². The Morgan fingerprint density at radius 3 is 2.09 bits per heavy atom. The molecule has 0 bridgehead atoms. The number of hydrogen-bond donors (Lipinski definition) is 1. The van der Waals surface area contributed by atoms with Crippen molar-refractivity contribution in [2.24, 2.45) is 0 Å². The molecule has 0 fully saturated rings. The molecule has 6 heteroatoms. The van der Waals surface area contributed by atoms with Gasteiger partial charge in [-0.3, -0.25) is 9.59 Å². The summed E-state index contributed by atoms with van der Waals surface area (Å²) in [6, 6.07) is 0. The van der Waals surface area contributed by atoms with Gasteiger partial charge in [-0.15, -0.1) is 0 Å². The lowest BCUT2D eigenvalue weighted by Gasteiger charge is -2.09. The number of rotatable bonds is 12. The van der Waals surface area contributed by atoms with E-state index >= 15 is 0 Å². The first-order chi connectivity index (χ1) is 10.5. The first-order valence-electron chi connectivity index (χ1n) is 7.99. The molecule has 0 saturated carbocycles. The van der Waals surface area contributed by atoms with Crippen molar-refractivity contribution in [1.82, 2.24) is 0 Å². The fourth-order valence-corrected chi connectivity index (χ4v) is 2.94. The van der Waals surface area contributed by atoms with Gasteiger partial charge in [0.1, 0.15) is 0 Å². The Bertz CT molecular complexity index is 294. The molecule has 0 aromatic carbocycles. The maximum absolute atomic E-state index is 10.8. The zero-order valence-corrected chi connectivity index (χ0v) is 15.7. The van der Waals surface area contributed by atoms with Gasteiger partial charge in [0.2, 0.25) is 0 Å². The number of carboxylic acid groups (broad SMARTS) is 1. The Kier molecular flexibility index (Phi) is 18.8. The minimum Gasteiger partial charge on any atom is -0.481 e. The minimum atomic E-state index is -0.859. The van der Waals surface area contributed by atoms with Gasteiger partial charge < -0.3 is 14.3 Å². The van der Waals surface area contributed by atoms with Crippen molar-refractivity contribution in [2.45, 2.75) is 70.8 Å². The molecule has 0 heterocycles. The highest BCUT2D eigenvalue weighted by Crippen LogP contribution is 2.16. The van der Waals surface area contributed by atoms with Crippen LogP contribution in [0.4, 0.5) is 0 Å². The quantitative estimate of drug-likeness (QED) is 0.256. The van der Waals surface area contributed by atoms with Crippen molar-refractivity contribution < 1.29 is 23.9 Å². The second kappa shape index (κ2) is 17.9. The standard InChI is InChI=1S/C12H26O3Si.C4H6O2/c1-3-4-5-6-7-8-9-10-11(12(13)14)16-15-2;1-3-6-4(2)5/h11H,3-10,16H2,1-2H3,(H,13,14);3H,1H2,2H3. The first kappa shape index (κ1) is 23.1. The topological polar surface area (TPSA) is 72.8 Å². The first-order valence-corrected chi connectivity index (χ1v) is 9.38. The third-order valence-electron chi connectivity index (χ3n) is 3.12. The van der Waals surface area contributed by atoms with Crippen molar-refractivity contribution in [1.29, 1.82) is 0 Å². The van der Waals surface area contributed by atoms with Crippen molar-refractivity contribution in [2.75, 3.05) is 7.11 Å². The lowest BCUT2D eigenvalue weighted by atomic mass is 10.1. The summed E-state index contributed by atoms with van der Waals surface area (Å²) in [6.45, 7) is 6.69. The highest BCUT2D eigenvalue weighted by atomic mass is 28.2. The van der Waals surface area contributed by atoms with E-state index in [1.54, 1.807) is 7.11 Å². The summed E-state index contributed by atoms with van der Waals surface area (Å²) >= 11 is 0. The molecule has 5 nitrogen and oxygen atoms in total. The molecule has 130 valence electrons. The fourth-order valence-electron chi connectivity index (χ4n) is 1.94. The van der Waals surface area contributed by atoms with Crippen LogP contribution in [0.15, 0.2) is 12.8 Å². The van der Waals surface area contributed by atoms with Gasteiger partial charge in [0.25, 0.3) is 0 Å². The van der Waals surface area contributed by atoms with Crippen molar-refractivity contribution >= 4 is 21.7 Å². The highest BCUT2D eigenvalue weighted by Gasteiger charge is 2.16. The fraction of sp³-hybridized carbons (Fsp3) is 0.750. The third-order valence-corrected chi connectivity index (χ3v) is 4.62. The van der Waals surface area contributed by atoms with Gasteiger partial charge in [-0.2, -0.15) is 0 Å². The summed E-state index contributed by atoms with van der Waals surface area (Å²) in [4.78, 5) is 20.6. The van der Waals surface area contributed by atoms with Crippen LogP contribution < -0.4 is 0 Å². The molecule has 1 atom stereocenters. The van der Waals surface area contributed by atoms with Gasteiger partial charge in [0.15, 0.2) is 9.76 Å². The van der Waals surface area contributed by atoms with E-state index in [0.717, 1.165) is 19.1 Å². The predicted octanol–water partition coefficient (Wildman–Crippen LogP) is 3.42. The van der Waals surface area contributed by atoms with Crippen LogP contribution in [0.3, 0.4) is 0 Å². The van der Waals surface area contributed by atoms with Gasteiger partial charge in [-0.05, 0) is 6.42 Å². The molecule has 0 saturated heterocycles. The number of hydrogen-bond acceptors (Lipinski definition) is 4. The van der Waals surface area contributed by atoms with E-state index in [1.165, 1.54) is 45.4 Å². The van der Waals surface area contributed by atoms with Gasteiger partial charge >= 0.3 is 11.9 Å². The molecule has 0 aromatic rings. The molecular formula is C16H32O5Si. The average Bonchev–Trinajstić information content (AvgIpc) is 2.45. The number of esters is 1. The molecule has 1 N–H and O–H groups in total. The summed E-state index contributed by atoms with van der Waals surface area (Å²) in [7, 11) is 0.759. The normalized spacial score (nSPS) is 11.6. The Hall–Kier alpha value is -1.14. The molecule has 22 heavy (non-hydrogen) atoms. The molecule has 1 unspecified atom stereocenters. The number of aliphatic carboxylic acids is 1. The van der Waals surface area contributed by atoms with Crippen LogP contribution in [-0.2, 0) is 18.8 Å². The van der Waals surface area contributed by atoms with Crippen LogP contribution in [0.5, 0.6) is 0 Å². The maximum atomic E-state index is 10.8. The molecule has 0 amide bonds. The summed E-state index contributed by atoms with van der Waals surface area (Å²) < 4.78 is 9.20. The van der Waals surface area contributed by atoms with Crippen LogP contribution in [-0.4, -0.2) is 33.9 Å². The van der Waals surface area contributed by atoms with E-state index in [1.807, 2.05) is 0 Å². The minimum absolute atomic E-state index is 0.180. The summed E-state index contributed by atoms with van der Waals surface area (Å²) in [6.07, 6.45) is 10.6. The van der Waals surface area contributed by atoms with Gasteiger partial charge in [-0.25, -0.2) is 0 Å². The number of ether oxygens (including phenoxy) is 1. The van der Waals surface area contributed by atoms with Crippen LogP contribution in [0, 0.1) is 0 Å².